The molecular weight excluding hydrogens is 440 g/mol. The van der Waals surface area contributed by atoms with E-state index in [0.717, 1.165) is 0 Å². The van der Waals surface area contributed by atoms with Crippen LogP contribution >= 0.6 is 22.9 Å². The van der Waals surface area contributed by atoms with E-state index in [1.807, 2.05) is 0 Å². The quantitative estimate of drug-likeness (QED) is 0.362. The summed E-state index contributed by atoms with van der Waals surface area (Å²) in [5.41, 5.74) is 0.942. The Balaban J connectivity index is 1.68. The second kappa shape index (κ2) is 7.72. The van der Waals surface area contributed by atoms with Crippen LogP contribution in [0.25, 0.3) is 5.76 Å². The molecule has 9 heteroatoms. The van der Waals surface area contributed by atoms with Gasteiger partial charge in [0, 0.05) is 22.2 Å². The number of thiazole rings is 1. The first-order valence-corrected chi connectivity index (χ1v) is 10.7. The fraction of sp³-hybridized carbons (Fsp3) is 0.136. The van der Waals surface area contributed by atoms with Crippen molar-refractivity contribution in [1.82, 2.24) is 4.98 Å². The summed E-state index contributed by atoms with van der Waals surface area (Å²) in [7, 11) is 0. The SMILES string of the molecule is O=C1C(=O)N(c2nccs2)[C@@H](c2ccc(Cl)cc2)/C1=C(\O)c1ccc2c(c1)OCCO2. The molecule has 1 N–H and O–H groups in total. The molecule has 0 radical (unpaired) electrons. The van der Waals surface area contributed by atoms with Crippen molar-refractivity contribution >= 4 is 45.5 Å². The molecule has 1 aromatic heterocycles. The minimum atomic E-state index is -0.850. The van der Waals surface area contributed by atoms with Gasteiger partial charge in [0.2, 0.25) is 0 Å². The second-order valence-electron chi connectivity index (χ2n) is 6.89. The van der Waals surface area contributed by atoms with E-state index in [2.05, 4.69) is 4.98 Å². The van der Waals surface area contributed by atoms with Gasteiger partial charge in [-0.25, -0.2) is 4.98 Å². The highest BCUT2D eigenvalue weighted by atomic mass is 35.5. The Labute approximate surface area is 186 Å². The monoisotopic (exact) mass is 454 g/mol. The van der Waals surface area contributed by atoms with Gasteiger partial charge in [-0.2, -0.15) is 0 Å². The lowest BCUT2D eigenvalue weighted by atomic mass is 9.95. The summed E-state index contributed by atoms with van der Waals surface area (Å²) in [6.07, 6.45) is 1.55. The molecule has 0 saturated carbocycles. The van der Waals surface area contributed by atoms with Crippen molar-refractivity contribution in [2.24, 2.45) is 0 Å². The summed E-state index contributed by atoms with van der Waals surface area (Å²) < 4.78 is 11.1. The number of halogens is 1. The van der Waals surface area contributed by atoms with Gasteiger partial charge in [-0.1, -0.05) is 23.7 Å². The van der Waals surface area contributed by atoms with Crippen LogP contribution in [0.2, 0.25) is 5.02 Å². The van der Waals surface area contributed by atoms with E-state index in [1.165, 1.54) is 16.2 Å². The Morgan fingerprint density at radius 3 is 2.55 bits per heavy atom. The number of amides is 1. The number of rotatable bonds is 3. The predicted molar refractivity (Wildman–Crippen MR) is 116 cm³/mol. The molecule has 3 aromatic rings. The van der Waals surface area contributed by atoms with Crippen LogP contribution < -0.4 is 14.4 Å². The minimum Gasteiger partial charge on any atom is -0.507 e. The van der Waals surface area contributed by atoms with Crippen LogP contribution in [0.4, 0.5) is 5.13 Å². The van der Waals surface area contributed by atoms with Crippen molar-refractivity contribution < 1.29 is 24.2 Å². The average Bonchev–Trinajstić information content (AvgIpc) is 3.40. The first-order chi connectivity index (χ1) is 15.0. The van der Waals surface area contributed by atoms with E-state index >= 15 is 0 Å². The lowest BCUT2D eigenvalue weighted by Crippen LogP contribution is -2.29. The maximum Gasteiger partial charge on any atom is 0.301 e. The number of hydrogen-bond donors (Lipinski definition) is 1. The molecule has 1 fully saturated rings. The summed E-state index contributed by atoms with van der Waals surface area (Å²) in [6, 6.07) is 10.8. The maximum atomic E-state index is 13.1. The van der Waals surface area contributed by atoms with Crippen molar-refractivity contribution in [2.75, 3.05) is 18.1 Å². The molecule has 0 aliphatic carbocycles. The van der Waals surface area contributed by atoms with Gasteiger partial charge in [-0.3, -0.25) is 14.5 Å². The molecule has 1 atom stereocenters. The van der Waals surface area contributed by atoms with Gasteiger partial charge in [-0.15, -0.1) is 11.3 Å². The van der Waals surface area contributed by atoms with Crippen molar-refractivity contribution in [1.29, 1.82) is 0 Å². The van der Waals surface area contributed by atoms with Crippen molar-refractivity contribution in [3.8, 4) is 11.5 Å². The molecular formula is C22H15ClN2O5S. The van der Waals surface area contributed by atoms with Crippen LogP contribution in [0.5, 0.6) is 11.5 Å². The number of aliphatic hydroxyl groups excluding tert-OH is 1. The van der Waals surface area contributed by atoms with Gasteiger partial charge in [0.05, 0.1) is 11.6 Å². The maximum absolute atomic E-state index is 13.1. The Bertz CT molecular complexity index is 1210. The Hall–Kier alpha value is -3.36. The van der Waals surface area contributed by atoms with Gasteiger partial charge < -0.3 is 14.6 Å². The second-order valence-corrected chi connectivity index (χ2v) is 8.20. The highest BCUT2D eigenvalue weighted by Crippen LogP contribution is 2.43. The van der Waals surface area contributed by atoms with Crippen LogP contribution in [0.3, 0.4) is 0 Å². The number of ether oxygens (including phenoxy) is 2. The van der Waals surface area contributed by atoms with Gasteiger partial charge in [0.25, 0.3) is 5.78 Å². The first kappa shape index (κ1) is 19.6. The van der Waals surface area contributed by atoms with Crippen molar-refractivity contribution in [2.45, 2.75) is 6.04 Å². The molecule has 2 aliphatic rings. The number of anilines is 1. The third-order valence-electron chi connectivity index (χ3n) is 5.07. The molecule has 7 nitrogen and oxygen atoms in total. The fourth-order valence-electron chi connectivity index (χ4n) is 3.67. The number of ketones is 1. The molecule has 31 heavy (non-hydrogen) atoms. The van der Waals surface area contributed by atoms with E-state index in [0.29, 0.717) is 46.0 Å². The lowest BCUT2D eigenvalue weighted by molar-refractivity contribution is -0.132. The number of hydrogen-bond acceptors (Lipinski definition) is 7. The number of fused-ring (bicyclic) bond motifs is 1. The lowest BCUT2D eigenvalue weighted by Gasteiger charge is -2.23. The molecule has 5 rings (SSSR count). The zero-order chi connectivity index (χ0) is 21.5. The van der Waals surface area contributed by atoms with E-state index in [9.17, 15) is 14.7 Å². The smallest absolute Gasteiger partial charge is 0.301 e. The van der Waals surface area contributed by atoms with Crippen LogP contribution in [0.15, 0.2) is 59.6 Å². The molecule has 2 aromatic carbocycles. The summed E-state index contributed by atoms with van der Waals surface area (Å²) in [4.78, 5) is 31.5. The number of aromatic nitrogens is 1. The number of Topliss-reactive ketones (excluding diaryl/α,β-unsaturated/α-hetero) is 1. The molecule has 1 amide bonds. The molecule has 0 bridgehead atoms. The van der Waals surface area contributed by atoms with Gasteiger partial charge in [-0.05, 0) is 35.9 Å². The van der Waals surface area contributed by atoms with Gasteiger partial charge >= 0.3 is 5.91 Å². The van der Waals surface area contributed by atoms with E-state index in [1.54, 1.807) is 54.0 Å². The highest BCUT2D eigenvalue weighted by molar-refractivity contribution is 7.14. The van der Waals surface area contributed by atoms with Crippen LogP contribution in [0, 0.1) is 0 Å². The molecule has 2 aliphatic heterocycles. The van der Waals surface area contributed by atoms with Crippen molar-refractivity contribution in [3.63, 3.8) is 0 Å². The summed E-state index contributed by atoms with van der Waals surface area (Å²) in [5.74, 6) is -0.821. The normalized spacial score (nSPS) is 19.6. The number of benzene rings is 2. The summed E-state index contributed by atoms with van der Waals surface area (Å²) in [6.45, 7) is 0.824. The predicted octanol–water partition coefficient (Wildman–Crippen LogP) is 4.19. The molecule has 1 saturated heterocycles. The van der Waals surface area contributed by atoms with Gasteiger partial charge in [0.1, 0.15) is 19.0 Å². The fourth-order valence-corrected chi connectivity index (χ4v) is 4.46. The Kier molecular flexibility index (Phi) is 4.88. The van der Waals surface area contributed by atoms with Crippen LogP contribution in [0.1, 0.15) is 17.2 Å². The van der Waals surface area contributed by atoms with E-state index in [4.69, 9.17) is 21.1 Å². The largest absolute Gasteiger partial charge is 0.507 e. The zero-order valence-electron chi connectivity index (χ0n) is 15.9. The van der Waals surface area contributed by atoms with Crippen LogP contribution in [-0.2, 0) is 9.59 Å². The molecule has 156 valence electrons. The highest BCUT2D eigenvalue weighted by Gasteiger charge is 2.48. The van der Waals surface area contributed by atoms with E-state index in [-0.39, 0.29) is 11.3 Å². The molecule has 0 unspecified atom stereocenters. The third kappa shape index (κ3) is 3.34. The number of aliphatic hydroxyl groups is 1. The third-order valence-corrected chi connectivity index (χ3v) is 6.09. The van der Waals surface area contributed by atoms with Gasteiger partial charge in [0.15, 0.2) is 16.6 Å². The number of nitrogens with zero attached hydrogens (tertiary/aromatic N) is 2. The summed E-state index contributed by atoms with van der Waals surface area (Å²) >= 11 is 7.26. The topological polar surface area (TPSA) is 89.0 Å². The van der Waals surface area contributed by atoms with Crippen molar-refractivity contribution in [3.05, 3.63) is 75.8 Å². The summed E-state index contributed by atoms with van der Waals surface area (Å²) in [5, 5.41) is 13.7. The number of carbonyl (C=O) groups excluding carboxylic acids is 2. The molecule has 0 spiro atoms. The molecule has 3 heterocycles. The van der Waals surface area contributed by atoms with E-state index < -0.39 is 17.7 Å². The van der Waals surface area contributed by atoms with Crippen LogP contribution in [-0.4, -0.2) is 35.0 Å². The number of carbonyl (C=O) groups is 2. The average molecular weight is 455 g/mol. The standard InChI is InChI=1S/C22H15ClN2O5S/c23-14-4-1-12(2-5-14)18-17(20(27)21(28)25(18)22-24-7-10-31-22)19(26)13-3-6-15-16(11-13)30-9-8-29-15/h1-7,10-11,18,26H,8-9H2/b19-17+/t18-/m0/s1. The minimum absolute atomic E-state index is 0.0285. The Morgan fingerprint density at radius 1 is 1.10 bits per heavy atom. The zero-order valence-corrected chi connectivity index (χ0v) is 17.5. The first-order valence-electron chi connectivity index (χ1n) is 9.40. The Morgan fingerprint density at radius 2 is 1.84 bits per heavy atom.